The molecule has 1 unspecified atom stereocenters. The third-order valence-corrected chi connectivity index (χ3v) is 4.45. The van der Waals surface area contributed by atoms with Gasteiger partial charge in [-0.2, -0.15) is 0 Å². The molecule has 0 spiro atoms. The first-order chi connectivity index (χ1) is 7.23. The Morgan fingerprint density at radius 3 is 2.38 bits per heavy atom. The quantitative estimate of drug-likeness (QED) is 0.667. The van der Waals surface area contributed by atoms with Gasteiger partial charge >= 0.3 is 0 Å². The van der Waals surface area contributed by atoms with Crippen LogP contribution >= 0.6 is 10.7 Å². The molecule has 16 heavy (non-hydrogen) atoms. The molecule has 0 N–H and O–H groups in total. The molecule has 1 aliphatic carbocycles. The molecule has 0 aliphatic heterocycles. The van der Waals surface area contributed by atoms with E-state index in [1.807, 2.05) is 13.8 Å². The average Bonchev–Trinajstić information content (AvgIpc) is 2.93. The van der Waals surface area contributed by atoms with Crippen LogP contribution in [-0.4, -0.2) is 26.4 Å². The topological polar surface area (TPSA) is 43.4 Å². The van der Waals surface area contributed by atoms with Crippen molar-refractivity contribution in [2.75, 3.05) is 12.4 Å². The molecule has 0 aromatic carbocycles. The van der Waals surface area contributed by atoms with E-state index in [2.05, 4.69) is 6.92 Å². The van der Waals surface area contributed by atoms with Gasteiger partial charge < -0.3 is 4.74 Å². The van der Waals surface area contributed by atoms with Crippen molar-refractivity contribution in [3.05, 3.63) is 0 Å². The van der Waals surface area contributed by atoms with Gasteiger partial charge in [0.15, 0.2) is 0 Å². The van der Waals surface area contributed by atoms with Crippen molar-refractivity contribution < 1.29 is 13.2 Å². The fraction of sp³-hybridized carbons (Fsp3) is 1.00. The minimum Gasteiger partial charge on any atom is -0.375 e. The summed E-state index contributed by atoms with van der Waals surface area (Å²) in [7, 11) is 1.89. The Labute approximate surface area is 103 Å². The Kier molecular flexibility index (Phi) is 4.66. The zero-order valence-corrected chi connectivity index (χ0v) is 11.8. The van der Waals surface area contributed by atoms with Gasteiger partial charge in [0, 0.05) is 16.6 Å². The van der Waals surface area contributed by atoms with E-state index in [0.717, 1.165) is 19.3 Å². The van der Waals surface area contributed by atoms with E-state index >= 15 is 0 Å². The normalized spacial score (nSPS) is 19.8. The Bertz CT molecular complexity index is 320. The molecule has 1 rings (SSSR count). The lowest BCUT2D eigenvalue weighted by Crippen LogP contribution is -2.29. The molecule has 1 fully saturated rings. The highest BCUT2D eigenvalue weighted by molar-refractivity contribution is 8.13. The van der Waals surface area contributed by atoms with Crippen LogP contribution in [0.15, 0.2) is 0 Å². The first kappa shape index (κ1) is 14.3. The fourth-order valence-corrected chi connectivity index (χ4v) is 2.94. The molecule has 1 saturated carbocycles. The minimum absolute atomic E-state index is 0.0407. The van der Waals surface area contributed by atoms with Crippen LogP contribution in [0, 0.1) is 11.8 Å². The second kappa shape index (κ2) is 5.23. The van der Waals surface area contributed by atoms with Crippen molar-refractivity contribution in [1.82, 2.24) is 0 Å². The van der Waals surface area contributed by atoms with Gasteiger partial charge in [-0.3, -0.25) is 0 Å². The molecule has 1 aliphatic rings. The number of ether oxygens (including phenoxy) is 1. The summed E-state index contributed by atoms with van der Waals surface area (Å²) >= 11 is 0. The Hall–Kier alpha value is 0.200. The zero-order chi connectivity index (χ0) is 12.4. The molecular formula is C11H21ClO3S. The van der Waals surface area contributed by atoms with E-state index in [1.54, 1.807) is 0 Å². The zero-order valence-electron chi connectivity index (χ0n) is 10.2. The van der Waals surface area contributed by atoms with E-state index in [1.165, 1.54) is 0 Å². The lowest BCUT2D eigenvalue weighted by molar-refractivity contribution is -0.0374. The summed E-state index contributed by atoms with van der Waals surface area (Å²) in [5.41, 5.74) is -0.177. The number of hydrogen-bond donors (Lipinski definition) is 0. The summed E-state index contributed by atoms with van der Waals surface area (Å²) in [5, 5.41) is 0. The summed E-state index contributed by atoms with van der Waals surface area (Å²) in [5.74, 6) is 0.591. The van der Waals surface area contributed by atoms with Crippen molar-refractivity contribution in [2.24, 2.45) is 11.8 Å². The van der Waals surface area contributed by atoms with Gasteiger partial charge in [-0.25, -0.2) is 8.42 Å². The van der Waals surface area contributed by atoms with E-state index in [0.29, 0.717) is 12.5 Å². The van der Waals surface area contributed by atoms with Gasteiger partial charge in [0.05, 0.1) is 18.0 Å². The van der Waals surface area contributed by atoms with E-state index in [-0.39, 0.29) is 17.3 Å². The molecule has 0 aromatic heterocycles. The Morgan fingerprint density at radius 1 is 1.44 bits per heavy atom. The predicted molar refractivity (Wildman–Crippen MR) is 66.2 cm³/mol. The summed E-state index contributed by atoms with van der Waals surface area (Å²) in [6, 6.07) is 0. The third kappa shape index (κ3) is 5.51. The summed E-state index contributed by atoms with van der Waals surface area (Å²) < 4.78 is 27.9. The van der Waals surface area contributed by atoms with Crippen molar-refractivity contribution in [2.45, 2.75) is 45.6 Å². The summed E-state index contributed by atoms with van der Waals surface area (Å²) in [6.45, 7) is 6.60. The van der Waals surface area contributed by atoms with E-state index in [4.69, 9.17) is 15.4 Å². The Morgan fingerprint density at radius 2 is 2.00 bits per heavy atom. The highest BCUT2D eigenvalue weighted by atomic mass is 35.7. The van der Waals surface area contributed by atoms with Crippen molar-refractivity contribution in [1.29, 1.82) is 0 Å². The van der Waals surface area contributed by atoms with Crippen molar-refractivity contribution in [3.8, 4) is 0 Å². The summed E-state index contributed by atoms with van der Waals surface area (Å²) in [6.07, 6.45) is 3.12. The average molecular weight is 269 g/mol. The van der Waals surface area contributed by atoms with Crippen LogP contribution in [-0.2, 0) is 13.8 Å². The van der Waals surface area contributed by atoms with E-state index < -0.39 is 9.05 Å². The van der Waals surface area contributed by atoms with Gasteiger partial charge in [-0.1, -0.05) is 6.92 Å². The maximum atomic E-state index is 11.1. The lowest BCUT2D eigenvalue weighted by atomic mass is 10.0. The second-order valence-electron chi connectivity index (χ2n) is 5.23. The van der Waals surface area contributed by atoms with Gasteiger partial charge in [0.1, 0.15) is 0 Å². The monoisotopic (exact) mass is 268 g/mol. The minimum atomic E-state index is -3.41. The van der Waals surface area contributed by atoms with Crippen LogP contribution < -0.4 is 0 Å². The molecule has 3 nitrogen and oxygen atoms in total. The molecular weight excluding hydrogens is 248 g/mol. The first-order valence-corrected chi connectivity index (χ1v) is 8.27. The van der Waals surface area contributed by atoms with Gasteiger partial charge in [0.2, 0.25) is 9.05 Å². The maximum absolute atomic E-state index is 11.1. The largest absolute Gasteiger partial charge is 0.375 e. The SMILES string of the molecule is CCC(C)(C)OCC(CS(=O)(=O)Cl)C1CC1. The molecule has 96 valence electrons. The molecule has 0 saturated heterocycles. The second-order valence-corrected chi connectivity index (χ2v) is 8.05. The highest BCUT2D eigenvalue weighted by Crippen LogP contribution is 2.38. The van der Waals surface area contributed by atoms with Gasteiger partial charge in [0.25, 0.3) is 0 Å². The van der Waals surface area contributed by atoms with Crippen LogP contribution in [0.5, 0.6) is 0 Å². The first-order valence-electron chi connectivity index (χ1n) is 5.80. The Balaban J connectivity index is 2.46. The van der Waals surface area contributed by atoms with Crippen molar-refractivity contribution >= 4 is 19.7 Å². The number of rotatable bonds is 7. The van der Waals surface area contributed by atoms with Crippen molar-refractivity contribution in [3.63, 3.8) is 0 Å². The van der Waals surface area contributed by atoms with Crippen LogP contribution in [0.25, 0.3) is 0 Å². The molecule has 5 heteroatoms. The predicted octanol–water partition coefficient (Wildman–Crippen LogP) is 2.79. The lowest BCUT2D eigenvalue weighted by Gasteiger charge is -2.26. The van der Waals surface area contributed by atoms with E-state index in [9.17, 15) is 8.42 Å². The number of hydrogen-bond acceptors (Lipinski definition) is 3. The van der Waals surface area contributed by atoms with Crippen LogP contribution in [0.2, 0.25) is 0 Å². The smallest absolute Gasteiger partial charge is 0.232 e. The maximum Gasteiger partial charge on any atom is 0.232 e. The molecule has 0 bridgehead atoms. The molecule has 0 radical (unpaired) electrons. The fourth-order valence-electron chi connectivity index (χ4n) is 1.58. The van der Waals surface area contributed by atoms with Gasteiger partial charge in [-0.05, 0) is 39.0 Å². The van der Waals surface area contributed by atoms with Crippen LogP contribution in [0.4, 0.5) is 0 Å². The van der Waals surface area contributed by atoms with Crippen LogP contribution in [0.3, 0.4) is 0 Å². The van der Waals surface area contributed by atoms with Gasteiger partial charge in [-0.15, -0.1) is 0 Å². The highest BCUT2D eigenvalue weighted by Gasteiger charge is 2.35. The summed E-state index contributed by atoms with van der Waals surface area (Å²) in [4.78, 5) is 0. The van der Waals surface area contributed by atoms with Crippen LogP contribution in [0.1, 0.15) is 40.0 Å². The molecule has 0 amide bonds. The standard InChI is InChI=1S/C11H21ClO3S/c1-4-11(2,3)15-7-10(9-5-6-9)8-16(12,13)14/h9-10H,4-8H2,1-3H3. The third-order valence-electron chi connectivity index (χ3n) is 3.24. The number of halogens is 1. The molecule has 0 heterocycles. The molecule has 1 atom stereocenters. The molecule has 0 aromatic rings.